The quantitative estimate of drug-likeness (QED) is 0.620. The van der Waals surface area contributed by atoms with Crippen LogP contribution in [0.15, 0.2) is 18.2 Å². The van der Waals surface area contributed by atoms with Crippen molar-refractivity contribution in [2.45, 2.75) is 12.8 Å². The number of ether oxygens (including phenoxy) is 1. The average molecular weight is 321 g/mol. The van der Waals surface area contributed by atoms with Crippen LogP contribution < -0.4 is 15.8 Å². The number of primary amides is 1. The van der Waals surface area contributed by atoms with Crippen molar-refractivity contribution in [3.8, 4) is 5.75 Å². The number of hydrogen-bond acceptors (Lipinski definition) is 4. The maximum absolute atomic E-state index is 12.3. The molecule has 0 spiro atoms. The highest BCUT2D eigenvalue weighted by molar-refractivity contribution is 5.98. The lowest BCUT2D eigenvalue weighted by Crippen LogP contribution is -2.40. The minimum Gasteiger partial charge on any atom is -0.494 e. The van der Waals surface area contributed by atoms with Crippen LogP contribution in [0.4, 0.5) is 4.79 Å². The molecule has 8 heteroatoms. The molecule has 0 fully saturated rings. The second-order valence-corrected chi connectivity index (χ2v) is 5.18. The minimum absolute atomic E-state index is 0.297. The van der Waals surface area contributed by atoms with Gasteiger partial charge in [-0.05, 0) is 30.5 Å². The van der Waals surface area contributed by atoms with Gasteiger partial charge in [-0.1, -0.05) is 6.07 Å². The van der Waals surface area contributed by atoms with E-state index in [0.717, 1.165) is 5.56 Å². The van der Waals surface area contributed by atoms with E-state index in [1.807, 2.05) is 6.07 Å². The fraction of sp³-hybridized carbons (Fsp3) is 0.400. The number of hydrogen-bond donors (Lipinski definition) is 3. The Hall–Kier alpha value is -2.77. The van der Waals surface area contributed by atoms with Crippen molar-refractivity contribution in [3.63, 3.8) is 0 Å². The Bertz CT molecular complexity index is 617. The molecule has 0 atom stereocenters. The van der Waals surface area contributed by atoms with Gasteiger partial charge >= 0.3 is 12.0 Å². The summed E-state index contributed by atoms with van der Waals surface area (Å²) in [5.41, 5.74) is 6.32. The molecule has 0 unspecified atom stereocenters. The Kier molecular flexibility index (Phi) is 5.40. The molecule has 0 radical (unpaired) electrons. The number of rotatable bonds is 7. The summed E-state index contributed by atoms with van der Waals surface area (Å²) in [6.07, 6.45) is 1.20. The molecule has 1 aromatic rings. The number of carboxylic acids is 1. The summed E-state index contributed by atoms with van der Waals surface area (Å²) in [7, 11) is 0. The summed E-state index contributed by atoms with van der Waals surface area (Å²) >= 11 is 0. The summed E-state index contributed by atoms with van der Waals surface area (Å²) in [5.74, 6) is -0.793. The van der Waals surface area contributed by atoms with Gasteiger partial charge in [-0.25, -0.2) is 4.79 Å². The van der Waals surface area contributed by atoms with E-state index in [4.69, 9.17) is 15.6 Å². The number of nitrogens with zero attached hydrogens (tertiary/aromatic N) is 1. The molecule has 2 rings (SSSR count). The first-order valence-electron chi connectivity index (χ1n) is 7.27. The Morgan fingerprint density at radius 3 is 2.87 bits per heavy atom. The SMILES string of the molecule is NC(=O)NCCCOc1ccc2c(c1)C(=O)N(CC(=O)O)CC2. The van der Waals surface area contributed by atoms with Gasteiger partial charge in [-0.2, -0.15) is 0 Å². The number of amides is 3. The van der Waals surface area contributed by atoms with Crippen LogP contribution >= 0.6 is 0 Å². The highest BCUT2D eigenvalue weighted by Crippen LogP contribution is 2.24. The summed E-state index contributed by atoms with van der Waals surface area (Å²) in [4.78, 5) is 34.9. The summed E-state index contributed by atoms with van der Waals surface area (Å²) in [6, 6.07) is 4.65. The number of benzene rings is 1. The molecule has 3 amide bonds. The molecule has 0 aromatic heterocycles. The van der Waals surface area contributed by atoms with E-state index < -0.39 is 12.0 Å². The average Bonchev–Trinajstić information content (AvgIpc) is 2.49. The van der Waals surface area contributed by atoms with E-state index in [2.05, 4.69) is 5.32 Å². The van der Waals surface area contributed by atoms with Crippen LogP contribution in [0, 0.1) is 0 Å². The number of carbonyl (C=O) groups excluding carboxylic acids is 2. The number of nitrogens with one attached hydrogen (secondary N) is 1. The third-order valence-corrected chi connectivity index (χ3v) is 3.47. The van der Waals surface area contributed by atoms with E-state index in [1.54, 1.807) is 12.1 Å². The Labute approximate surface area is 133 Å². The van der Waals surface area contributed by atoms with Crippen molar-refractivity contribution in [2.24, 2.45) is 5.73 Å². The number of carbonyl (C=O) groups is 3. The maximum Gasteiger partial charge on any atom is 0.323 e. The molecule has 4 N–H and O–H groups in total. The lowest BCUT2D eigenvalue weighted by Gasteiger charge is -2.27. The molecular weight excluding hydrogens is 302 g/mol. The normalized spacial score (nSPS) is 13.4. The fourth-order valence-corrected chi connectivity index (χ4v) is 2.38. The minimum atomic E-state index is -1.03. The molecule has 8 nitrogen and oxygen atoms in total. The topological polar surface area (TPSA) is 122 Å². The van der Waals surface area contributed by atoms with E-state index >= 15 is 0 Å². The molecule has 1 aliphatic rings. The van der Waals surface area contributed by atoms with Gasteiger partial charge in [0.15, 0.2) is 0 Å². The van der Waals surface area contributed by atoms with Crippen molar-refractivity contribution >= 4 is 17.9 Å². The smallest absolute Gasteiger partial charge is 0.323 e. The van der Waals surface area contributed by atoms with E-state index in [9.17, 15) is 14.4 Å². The Morgan fingerprint density at radius 2 is 2.17 bits per heavy atom. The van der Waals surface area contributed by atoms with Gasteiger partial charge in [0.05, 0.1) is 6.61 Å². The highest BCUT2D eigenvalue weighted by Gasteiger charge is 2.26. The predicted molar refractivity (Wildman–Crippen MR) is 81.4 cm³/mol. The van der Waals surface area contributed by atoms with Crippen LogP contribution in [-0.4, -0.2) is 54.2 Å². The zero-order valence-electron chi connectivity index (χ0n) is 12.6. The lowest BCUT2D eigenvalue weighted by molar-refractivity contribution is -0.137. The fourth-order valence-electron chi connectivity index (χ4n) is 2.38. The van der Waals surface area contributed by atoms with Crippen LogP contribution in [0.25, 0.3) is 0 Å². The second kappa shape index (κ2) is 7.48. The van der Waals surface area contributed by atoms with Gasteiger partial charge in [0.1, 0.15) is 12.3 Å². The van der Waals surface area contributed by atoms with E-state index in [1.165, 1.54) is 4.90 Å². The number of nitrogens with two attached hydrogens (primary N) is 1. The van der Waals surface area contributed by atoms with Crippen molar-refractivity contribution in [1.82, 2.24) is 10.2 Å². The number of carboxylic acid groups (broad SMARTS) is 1. The molecule has 1 aliphatic heterocycles. The monoisotopic (exact) mass is 321 g/mol. The number of aliphatic carboxylic acids is 1. The first-order valence-corrected chi connectivity index (χ1v) is 7.27. The van der Waals surface area contributed by atoms with Crippen LogP contribution in [0.3, 0.4) is 0 Å². The molecule has 0 saturated heterocycles. The van der Waals surface area contributed by atoms with Gasteiger partial charge in [0.25, 0.3) is 5.91 Å². The zero-order chi connectivity index (χ0) is 16.8. The van der Waals surface area contributed by atoms with Crippen molar-refractivity contribution < 1.29 is 24.2 Å². The highest BCUT2D eigenvalue weighted by atomic mass is 16.5. The van der Waals surface area contributed by atoms with Gasteiger partial charge in [0, 0.05) is 18.7 Å². The molecule has 0 bridgehead atoms. The van der Waals surface area contributed by atoms with Gasteiger partial charge in [-0.3, -0.25) is 9.59 Å². The number of fused-ring (bicyclic) bond motifs is 1. The summed E-state index contributed by atoms with van der Waals surface area (Å²) < 4.78 is 5.54. The van der Waals surface area contributed by atoms with Crippen LogP contribution in [0.2, 0.25) is 0 Å². The van der Waals surface area contributed by atoms with Gasteiger partial charge in [0.2, 0.25) is 0 Å². The molecule has 0 aliphatic carbocycles. The van der Waals surface area contributed by atoms with Crippen LogP contribution in [0.5, 0.6) is 5.75 Å². The molecule has 23 heavy (non-hydrogen) atoms. The first kappa shape index (κ1) is 16.6. The largest absolute Gasteiger partial charge is 0.494 e. The van der Waals surface area contributed by atoms with Crippen molar-refractivity contribution in [2.75, 3.05) is 26.2 Å². The summed E-state index contributed by atoms with van der Waals surface area (Å²) in [5, 5.41) is 11.3. The third-order valence-electron chi connectivity index (χ3n) is 3.47. The van der Waals surface area contributed by atoms with Crippen LogP contribution in [-0.2, 0) is 11.2 Å². The first-order chi connectivity index (χ1) is 11.0. The standard InChI is InChI=1S/C15H19N3O5/c16-15(22)17-5-1-7-23-11-3-2-10-4-6-18(9-13(19)20)14(21)12(10)8-11/h2-3,8H,1,4-7,9H2,(H,19,20)(H3,16,17,22). The van der Waals surface area contributed by atoms with E-state index in [-0.39, 0.29) is 12.5 Å². The van der Waals surface area contributed by atoms with Crippen LogP contribution in [0.1, 0.15) is 22.3 Å². The maximum atomic E-state index is 12.3. The molecule has 1 aromatic carbocycles. The number of urea groups is 1. The summed E-state index contributed by atoms with van der Waals surface area (Å²) in [6.45, 7) is 0.872. The van der Waals surface area contributed by atoms with Gasteiger partial charge < -0.3 is 25.8 Å². The van der Waals surface area contributed by atoms with Crippen molar-refractivity contribution in [3.05, 3.63) is 29.3 Å². The lowest BCUT2D eigenvalue weighted by atomic mass is 9.98. The molecule has 0 saturated carbocycles. The molecule has 124 valence electrons. The zero-order valence-corrected chi connectivity index (χ0v) is 12.6. The van der Waals surface area contributed by atoms with Gasteiger partial charge in [-0.15, -0.1) is 0 Å². The van der Waals surface area contributed by atoms with Crippen molar-refractivity contribution in [1.29, 1.82) is 0 Å². The third kappa shape index (κ3) is 4.60. The molecule has 1 heterocycles. The van der Waals surface area contributed by atoms with E-state index in [0.29, 0.717) is 43.9 Å². The predicted octanol–water partition coefficient (Wildman–Crippen LogP) is 0.207. The Balaban J connectivity index is 1.95. The Morgan fingerprint density at radius 1 is 1.39 bits per heavy atom. The molecular formula is C15H19N3O5. The second-order valence-electron chi connectivity index (χ2n) is 5.18.